The van der Waals surface area contributed by atoms with Crippen molar-refractivity contribution < 1.29 is 9.31 Å². The summed E-state index contributed by atoms with van der Waals surface area (Å²) in [5.74, 6) is -0.663. The van der Waals surface area contributed by atoms with Gasteiger partial charge in [0, 0.05) is 32.3 Å². The lowest BCUT2D eigenvalue weighted by molar-refractivity contribution is -0.384. The number of hydrogen-bond acceptors (Lipinski definition) is 4. The Morgan fingerprint density at radius 3 is 2.76 bits per heavy atom. The van der Waals surface area contributed by atoms with Gasteiger partial charge in [-0.1, -0.05) is 11.6 Å². The number of halogens is 2. The highest BCUT2D eigenvalue weighted by Gasteiger charge is 2.20. The summed E-state index contributed by atoms with van der Waals surface area (Å²) in [6.45, 7) is 1.16. The van der Waals surface area contributed by atoms with E-state index in [-0.39, 0.29) is 16.4 Å². The number of hydrogen-bond donors (Lipinski definition) is 1. The van der Waals surface area contributed by atoms with Gasteiger partial charge in [0.05, 0.1) is 9.95 Å². The molecule has 0 amide bonds. The van der Waals surface area contributed by atoms with Crippen molar-refractivity contribution in [3.8, 4) is 0 Å². The molecule has 0 radical (unpaired) electrons. The molecule has 1 N–H and O–H groups in total. The molecule has 0 saturated carbocycles. The largest absolute Gasteiger partial charge is 0.368 e. The monoisotopic (exact) mass is 261 g/mol. The third-order valence-electron chi connectivity index (χ3n) is 2.32. The summed E-state index contributed by atoms with van der Waals surface area (Å²) < 4.78 is 13.3. The predicted octanol–water partition coefficient (Wildman–Crippen LogP) is 2.04. The van der Waals surface area contributed by atoms with Crippen LogP contribution < -0.4 is 10.2 Å². The number of anilines is 1. The minimum Gasteiger partial charge on any atom is -0.368 e. The Kier molecular flexibility index (Phi) is 4.65. The number of nitrogens with one attached hydrogen (secondary N) is 1. The van der Waals surface area contributed by atoms with Crippen LogP contribution in [0.4, 0.5) is 15.8 Å². The second kappa shape index (κ2) is 5.79. The minimum absolute atomic E-state index is 0.199. The van der Waals surface area contributed by atoms with Gasteiger partial charge in [-0.15, -0.1) is 0 Å². The summed E-state index contributed by atoms with van der Waals surface area (Å²) >= 11 is 5.53. The van der Waals surface area contributed by atoms with E-state index in [0.29, 0.717) is 13.1 Å². The smallest absolute Gasteiger partial charge is 0.294 e. The van der Waals surface area contributed by atoms with E-state index < -0.39 is 10.7 Å². The van der Waals surface area contributed by atoms with E-state index >= 15 is 0 Å². The molecule has 0 atom stereocenters. The Labute approximate surface area is 103 Å². The van der Waals surface area contributed by atoms with E-state index in [1.54, 1.807) is 19.0 Å². The molecule has 0 heterocycles. The Hall–Kier alpha value is -1.40. The van der Waals surface area contributed by atoms with E-state index in [1.807, 2.05) is 0 Å². The van der Waals surface area contributed by atoms with Gasteiger partial charge in [0.15, 0.2) is 0 Å². The van der Waals surface area contributed by atoms with Gasteiger partial charge in [-0.05, 0) is 7.05 Å². The normalized spacial score (nSPS) is 10.4. The molecule has 7 heteroatoms. The molecule has 1 rings (SSSR count). The molecule has 0 bridgehead atoms. The number of nitro benzene ring substituents is 1. The van der Waals surface area contributed by atoms with Crippen molar-refractivity contribution in [2.45, 2.75) is 0 Å². The van der Waals surface area contributed by atoms with Gasteiger partial charge >= 0.3 is 0 Å². The van der Waals surface area contributed by atoms with Crippen LogP contribution in [-0.2, 0) is 0 Å². The lowest BCUT2D eigenvalue weighted by atomic mass is 10.2. The zero-order valence-electron chi connectivity index (χ0n) is 9.54. The van der Waals surface area contributed by atoms with Crippen molar-refractivity contribution in [3.63, 3.8) is 0 Å². The fourth-order valence-electron chi connectivity index (χ4n) is 1.38. The fourth-order valence-corrected chi connectivity index (χ4v) is 1.54. The van der Waals surface area contributed by atoms with Crippen LogP contribution in [0.2, 0.25) is 5.02 Å². The summed E-state index contributed by atoms with van der Waals surface area (Å²) in [5, 5.41) is 13.5. The lowest BCUT2D eigenvalue weighted by Gasteiger charge is -2.19. The molecule has 0 saturated heterocycles. The molecule has 0 aliphatic rings. The fraction of sp³-hybridized carbons (Fsp3) is 0.400. The molecule has 0 aliphatic heterocycles. The average Bonchev–Trinajstić information content (AvgIpc) is 2.28. The number of nitro groups is 1. The molecule has 1 aromatic rings. The Bertz CT molecular complexity index is 428. The zero-order chi connectivity index (χ0) is 13.0. The third kappa shape index (κ3) is 3.28. The molecule has 1 aromatic carbocycles. The van der Waals surface area contributed by atoms with Crippen LogP contribution >= 0.6 is 11.6 Å². The highest BCUT2D eigenvalue weighted by atomic mass is 35.5. The number of nitrogens with zero attached hydrogens (tertiary/aromatic N) is 2. The first kappa shape index (κ1) is 13.7. The summed E-state index contributed by atoms with van der Waals surface area (Å²) in [6, 6.07) is 2.11. The van der Waals surface area contributed by atoms with Gasteiger partial charge < -0.3 is 10.2 Å². The van der Waals surface area contributed by atoms with Crippen LogP contribution in [0.5, 0.6) is 0 Å². The van der Waals surface area contributed by atoms with Crippen LogP contribution in [0.25, 0.3) is 0 Å². The molecule has 5 nitrogen and oxygen atoms in total. The quantitative estimate of drug-likeness (QED) is 0.651. The Morgan fingerprint density at radius 2 is 2.24 bits per heavy atom. The SMILES string of the molecule is CNCCN(C)c1cc(F)c(Cl)cc1[N+](=O)[O-]. The molecular weight excluding hydrogens is 249 g/mol. The molecule has 94 valence electrons. The molecule has 0 unspecified atom stereocenters. The van der Waals surface area contributed by atoms with Crippen LogP contribution in [0.15, 0.2) is 12.1 Å². The zero-order valence-corrected chi connectivity index (χ0v) is 10.3. The van der Waals surface area contributed by atoms with Crippen LogP contribution in [-0.4, -0.2) is 32.1 Å². The highest BCUT2D eigenvalue weighted by molar-refractivity contribution is 6.31. The van der Waals surface area contributed by atoms with Gasteiger partial charge in [-0.25, -0.2) is 4.39 Å². The van der Waals surface area contributed by atoms with Gasteiger partial charge in [0.1, 0.15) is 11.5 Å². The molecule has 0 fully saturated rings. The number of rotatable bonds is 5. The van der Waals surface area contributed by atoms with Crippen molar-refractivity contribution in [2.75, 3.05) is 32.1 Å². The highest BCUT2D eigenvalue weighted by Crippen LogP contribution is 2.32. The maximum absolute atomic E-state index is 13.3. The molecule has 0 aromatic heterocycles. The Balaban J connectivity index is 3.11. The summed E-state index contributed by atoms with van der Waals surface area (Å²) in [6.07, 6.45) is 0. The summed E-state index contributed by atoms with van der Waals surface area (Å²) in [7, 11) is 3.43. The second-order valence-electron chi connectivity index (χ2n) is 3.54. The van der Waals surface area contributed by atoms with E-state index in [1.165, 1.54) is 0 Å². The number of benzene rings is 1. The van der Waals surface area contributed by atoms with Gasteiger partial charge in [0.25, 0.3) is 5.69 Å². The molecule has 17 heavy (non-hydrogen) atoms. The van der Waals surface area contributed by atoms with Gasteiger partial charge in [0.2, 0.25) is 0 Å². The second-order valence-corrected chi connectivity index (χ2v) is 3.94. The van der Waals surface area contributed by atoms with Gasteiger partial charge in [-0.2, -0.15) is 0 Å². The first-order chi connectivity index (χ1) is 7.97. The predicted molar refractivity (Wildman–Crippen MR) is 65.3 cm³/mol. The summed E-state index contributed by atoms with van der Waals surface area (Å²) in [5.41, 5.74) is 0.0159. The first-order valence-corrected chi connectivity index (χ1v) is 5.34. The lowest BCUT2D eigenvalue weighted by Crippen LogP contribution is -2.27. The van der Waals surface area contributed by atoms with E-state index in [4.69, 9.17) is 11.6 Å². The molecule has 0 aliphatic carbocycles. The van der Waals surface area contributed by atoms with E-state index in [0.717, 1.165) is 12.1 Å². The van der Waals surface area contributed by atoms with Crippen molar-refractivity contribution >= 4 is 23.0 Å². The summed E-state index contributed by atoms with van der Waals surface area (Å²) in [4.78, 5) is 11.9. The Morgan fingerprint density at radius 1 is 1.59 bits per heavy atom. The van der Waals surface area contributed by atoms with Gasteiger partial charge in [-0.3, -0.25) is 10.1 Å². The maximum atomic E-state index is 13.3. The molecular formula is C10H13ClFN3O2. The number of likely N-dealkylation sites (N-methyl/N-ethyl adjacent to an activating group) is 2. The van der Waals surface area contributed by atoms with Crippen molar-refractivity contribution in [1.82, 2.24) is 5.32 Å². The van der Waals surface area contributed by atoms with E-state index in [2.05, 4.69) is 5.32 Å². The topological polar surface area (TPSA) is 58.4 Å². The minimum atomic E-state index is -0.663. The maximum Gasteiger partial charge on any atom is 0.294 e. The van der Waals surface area contributed by atoms with Crippen molar-refractivity contribution in [3.05, 3.63) is 33.1 Å². The first-order valence-electron chi connectivity index (χ1n) is 4.96. The van der Waals surface area contributed by atoms with Crippen LogP contribution in [0, 0.1) is 15.9 Å². The van der Waals surface area contributed by atoms with Crippen LogP contribution in [0.1, 0.15) is 0 Å². The van der Waals surface area contributed by atoms with E-state index in [9.17, 15) is 14.5 Å². The molecule has 0 spiro atoms. The van der Waals surface area contributed by atoms with Crippen molar-refractivity contribution in [2.24, 2.45) is 0 Å². The van der Waals surface area contributed by atoms with Crippen LogP contribution in [0.3, 0.4) is 0 Å². The third-order valence-corrected chi connectivity index (χ3v) is 2.61. The standard InChI is InChI=1S/C10H13ClFN3O2/c1-13-3-4-14(2)9-6-8(12)7(11)5-10(9)15(16)17/h5-6,13H,3-4H2,1-2H3. The van der Waals surface area contributed by atoms with Crippen molar-refractivity contribution in [1.29, 1.82) is 0 Å². The average molecular weight is 262 g/mol.